The van der Waals surface area contributed by atoms with Gasteiger partial charge < -0.3 is 5.32 Å². The van der Waals surface area contributed by atoms with Gasteiger partial charge in [0.25, 0.3) is 0 Å². The Labute approximate surface area is 187 Å². The van der Waals surface area contributed by atoms with Gasteiger partial charge in [-0.25, -0.2) is 8.42 Å². The zero-order chi connectivity index (χ0) is 23.6. The summed E-state index contributed by atoms with van der Waals surface area (Å²) in [5.74, 6) is -0.349. The van der Waals surface area contributed by atoms with E-state index in [4.69, 9.17) is 0 Å². The molecule has 1 atom stereocenters. The van der Waals surface area contributed by atoms with Crippen LogP contribution in [0.3, 0.4) is 0 Å². The van der Waals surface area contributed by atoms with Crippen LogP contribution in [0, 0.1) is 0 Å². The summed E-state index contributed by atoms with van der Waals surface area (Å²) in [6, 6.07) is 15.2. The molecule has 0 bridgehead atoms. The number of nitrogens with zero attached hydrogens (tertiary/aromatic N) is 1. The van der Waals surface area contributed by atoms with E-state index in [2.05, 4.69) is 59.0 Å². The maximum Gasteiger partial charge on any atom is 0.241 e. The quantitative estimate of drug-likeness (QED) is 0.687. The van der Waals surface area contributed by atoms with Crippen molar-refractivity contribution in [3.05, 3.63) is 65.2 Å². The number of hydrogen-bond donors (Lipinski definition) is 1. The van der Waals surface area contributed by atoms with Crippen LogP contribution in [0.1, 0.15) is 71.2 Å². The van der Waals surface area contributed by atoms with Crippen molar-refractivity contribution in [2.24, 2.45) is 0 Å². The molecule has 2 rings (SSSR count). The molecule has 5 nitrogen and oxygen atoms in total. The van der Waals surface area contributed by atoms with Crippen molar-refractivity contribution >= 4 is 21.6 Å². The first kappa shape index (κ1) is 24.9. The molecular weight excluding hydrogens is 408 g/mol. The van der Waals surface area contributed by atoms with E-state index in [0.717, 1.165) is 21.7 Å². The summed E-state index contributed by atoms with van der Waals surface area (Å²) in [4.78, 5) is 12.7. The first-order chi connectivity index (χ1) is 14.1. The van der Waals surface area contributed by atoms with Crippen LogP contribution in [-0.4, -0.2) is 27.1 Å². The fourth-order valence-corrected chi connectivity index (χ4v) is 4.16. The minimum absolute atomic E-state index is 0.0379. The van der Waals surface area contributed by atoms with Gasteiger partial charge in [-0.05, 0) is 46.6 Å². The molecule has 0 saturated heterocycles. The Kier molecular flexibility index (Phi) is 7.26. The Bertz CT molecular complexity index is 997. The Balaban J connectivity index is 2.14. The third-order valence-corrected chi connectivity index (χ3v) is 6.50. The van der Waals surface area contributed by atoms with Gasteiger partial charge in [-0.2, -0.15) is 0 Å². The smallest absolute Gasteiger partial charge is 0.241 e. The van der Waals surface area contributed by atoms with Crippen molar-refractivity contribution in [2.75, 3.05) is 17.1 Å². The van der Waals surface area contributed by atoms with Crippen LogP contribution in [0.5, 0.6) is 0 Å². The average molecular weight is 445 g/mol. The van der Waals surface area contributed by atoms with E-state index in [1.54, 1.807) is 12.1 Å². The summed E-state index contributed by atoms with van der Waals surface area (Å²) in [6.07, 6.45) is 1.12. The molecule has 0 saturated carbocycles. The molecule has 1 amide bonds. The summed E-state index contributed by atoms with van der Waals surface area (Å²) in [5, 5.41) is 2.92. The van der Waals surface area contributed by atoms with E-state index in [1.807, 2.05) is 31.2 Å². The summed E-state index contributed by atoms with van der Waals surface area (Å²) in [7, 11) is -3.61. The highest BCUT2D eigenvalue weighted by Gasteiger charge is 2.23. The van der Waals surface area contributed by atoms with Crippen LogP contribution in [0.15, 0.2) is 48.5 Å². The summed E-state index contributed by atoms with van der Waals surface area (Å²) < 4.78 is 25.9. The van der Waals surface area contributed by atoms with Gasteiger partial charge in [0.1, 0.15) is 6.54 Å². The molecule has 6 heteroatoms. The van der Waals surface area contributed by atoms with Gasteiger partial charge >= 0.3 is 0 Å². The SMILES string of the molecule is C[C@H](NC(=O)CN(c1ccc(C(C)(C)C)cc1)S(C)(=O)=O)c1ccc(C(C)(C)C)cc1. The lowest BCUT2D eigenvalue weighted by Gasteiger charge is -2.25. The summed E-state index contributed by atoms with van der Waals surface area (Å²) >= 11 is 0. The van der Waals surface area contributed by atoms with E-state index >= 15 is 0 Å². The van der Waals surface area contributed by atoms with Crippen molar-refractivity contribution < 1.29 is 13.2 Å². The van der Waals surface area contributed by atoms with Gasteiger partial charge in [0.2, 0.25) is 15.9 Å². The fraction of sp³-hybridized carbons (Fsp3) is 0.480. The van der Waals surface area contributed by atoms with E-state index < -0.39 is 10.0 Å². The fourth-order valence-electron chi connectivity index (χ4n) is 3.30. The Morgan fingerprint density at radius 2 is 1.29 bits per heavy atom. The molecule has 1 N–H and O–H groups in total. The van der Waals surface area contributed by atoms with Crippen molar-refractivity contribution in [3.63, 3.8) is 0 Å². The lowest BCUT2D eigenvalue weighted by molar-refractivity contribution is -0.120. The van der Waals surface area contributed by atoms with Crippen molar-refractivity contribution in [3.8, 4) is 0 Å². The van der Waals surface area contributed by atoms with Gasteiger partial charge in [-0.15, -0.1) is 0 Å². The maximum atomic E-state index is 12.7. The van der Waals surface area contributed by atoms with Gasteiger partial charge in [0.15, 0.2) is 0 Å². The number of amides is 1. The second kappa shape index (κ2) is 9.03. The highest BCUT2D eigenvalue weighted by molar-refractivity contribution is 7.92. The Hall–Kier alpha value is -2.34. The van der Waals surface area contributed by atoms with Crippen LogP contribution in [0.25, 0.3) is 0 Å². The van der Waals surface area contributed by atoms with E-state index in [9.17, 15) is 13.2 Å². The van der Waals surface area contributed by atoms with E-state index in [0.29, 0.717) is 5.69 Å². The Morgan fingerprint density at radius 3 is 1.68 bits per heavy atom. The zero-order valence-electron chi connectivity index (χ0n) is 20.0. The maximum absolute atomic E-state index is 12.7. The minimum Gasteiger partial charge on any atom is -0.348 e. The molecule has 0 aliphatic heterocycles. The standard InChI is InChI=1S/C25H36N2O3S/c1-18(19-9-11-20(12-10-19)24(2,3)4)26-23(28)17-27(31(8,29)30)22-15-13-21(14-16-22)25(5,6)7/h9-16,18H,17H2,1-8H3,(H,26,28)/t18-/m0/s1. The molecule has 0 heterocycles. The topological polar surface area (TPSA) is 66.5 Å². The number of anilines is 1. The molecule has 0 radical (unpaired) electrons. The van der Waals surface area contributed by atoms with Gasteiger partial charge in [0, 0.05) is 0 Å². The Morgan fingerprint density at radius 1 is 0.871 bits per heavy atom. The lowest BCUT2D eigenvalue weighted by Crippen LogP contribution is -2.41. The number of carbonyl (C=O) groups is 1. The van der Waals surface area contributed by atoms with Crippen LogP contribution in [0.4, 0.5) is 5.69 Å². The predicted octanol–water partition coefficient (Wildman–Crippen LogP) is 4.93. The number of rotatable bonds is 6. The van der Waals surface area contributed by atoms with Gasteiger partial charge in [-0.1, -0.05) is 77.9 Å². The number of hydrogen-bond acceptors (Lipinski definition) is 3. The lowest BCUT2D eigenvalue weighted by atomic mass is 9.86. The molecular formula is C25H36N2O3S. The summed E-state index contributed by atoms with van der Waals surface area (Å²) in [6.45, 7) is 14.4. The molecule has 31 heavy (non-hydrogen) atoms. The van der Waals surface area contributed by atoms with Crippen LogP contribution in [-0.2, 0) is 25.6 Å². The van der Waals surface area contributed by atoms with Crippen molar-refractivity contribution in [1.82, 2.24) is 5.32 Å². The van der Waals surface area contributed by atoms with Gasteiger partial charge in [-0.3, -0.25) is 9.10 Å². The van der Waals surface area contributed by atoms with Crippen LogP contribution >= 0.6 is 0 Å². The van der Waals surface area contributed by atoms with Crippen LogP contribution in [0.2, 0.25) is 0 Å². The summed E-state index contributed by atoms with van der Waals surface area (Å²) in [5.41, 5.74) is 3.79. The highest BCUT2D eigenvalue weighted by Crippen LogP contribution is 2.26. The molecule has 0 aliphatic rings. The molecule has 0 aliphatic carbocycles. The number of sulfonamides is 1. The normalized spacial score (nSPS) is 13.5. The van der Waals surface area contributed by atoms with Crippen molar-refractivity contribution in [2.45, 2.75) is 65.3 Å². The molecule has 0 unspecified atom stereocenters. The first-order valence-corrected chi connectivity index (χ1v) is 12.4. The van der Waals surface area contributed by atoms with Gasteiger partial charge in [0.05, 0.1) is 18.0 Å². The molecule has 170 valence electrons. The van der Waals surface area contributed by atoms with E-state index in [1.165, 1.54) is 5.56 Å². The highest BCUT2D eigenvalue weighted by atomic mass is 32.2. The monoisotopic (exact) mass is 444 g/mol. The first-order valence-electron chi connectivity index (χ1n) is 10.6. The second-order valence-electron chi connectivity index (χ2n) is 10.2. The third-order valence-electron chi connectivity index (χ3n) is 5.36. The molecule has 0 aromatic heterocycles. The minimum atomic E-state index is -3.61. The molecule has 0 spiro atoms. The molecule has 2 aromatic rings. The van der Waals surface area contributed by atoms with Crippen LogP contribution < -0.4 is 9.62 Å². The van der Waals surface area contributed by atoms with Crippen molar-refractivity contribution in [1.29, 1.82) is 0 Å². The molecule has 0 fully saturated rings. The number of benzene rings is 2. The third kappa shape index (κ3) is 6.82. The molecule has 2 aromatic carbocycles. The second-order valence-corrected chi connectivity index (χ2v) is 12.1. The largest absolute Gasteiger partial charge is 0.348 e. The number of nitrogens with one attached hydrogen (secondary N) is 1. The zero-order valence-corrected chi connectivity index (χ0v) is 20.8. The number of carbonyl (C=O) groups excluding carboxylic acids is 1. The average Bonchev–Trinajstić information content (AvgIpc) is 2.64. The van der Waals surface area contributed by atoms with E-state index in [-0.39, 0.29) is 29.3 Å². The predicted molar refractivity (Wildman–Crippen MR) is 129 cm³/mol.